The van der Waals surface area contributed by atoms with Gasteiger partial charge in [0.2, 0.25) is 10.0 Å². The molecule has 6 heteroatoms. The SMILES string of the molecule is CC1(CNS(=O)(=O)CCCNC2CC2)CCCO1. The van der Waals surface area contributed by atoms with Crippen LogP contribution in [-0.2, 0) is 14.8 Å². The van der Waals surface area contributed by atoms with Crippen LogP contribution in [-0.4, -0.2) is 45.5 Å². The van der Waals surface area contributed by atoms with Gasteiger partial charge in [0.25, 0.3) is 0 Å². The Morgan fingerprint density at radius 3 is 2.78 bits per heavy atom. The molecule has 1 aliphatic carbocycles. The van der Waals surface area contributed by atoms with Crippen LogP contribution in [0.25, 0.3) is 0 Å². The highest BCUT2D eigenvalue weighted by Crippen LogP contribution is 2.24. The van der Waals surface area contributed by atoms with Crippen LogP contribution < -0.4 is 10.0 Å². The molecular weight excluding hydrogens is 252 g/mol. The summed E-state index contributed by atoms with van der Waals surface area (Å²) >= 11 is 0. The quantitative estimate of drug-likeness (QED) is 0.638. The van der Waals surface area contributed by atoms with Crippen LogP contribution >= 0.6 is 0 Å². The molecule has 2 aliphatic rings. The monoisotopic (exact) mass is 276 g/mol. The van der Waals surface area contributed by atoms with Crippen molar-refractivity contribution in [3.05, 3.63) is 0 Å². The second kappa shape index (κ2) is 5.86. The molecule has 1 atom stereocenters. The van der Waals surface area contributed by atoms with E-state index in [4.69, 9.17) is 4.74 Å². The first-order valence-electron chi connectivity index (χ1n) is 6.84. The van der Waals surface area contributed by atoms with Crippen molar-refractivity contribution in [1.82, 2.24) is 10.0 Å². The molecule has 106 valence electrons. The molecule has 2 rings (SSSR count). The Balaban J connectivity index is 1.62. The van der Waals surface area contributed by atoms with Crippen molar-refractivity contribution >= 4 is 10.0 Å². The maximum Gasteiger partial charge on any atom is 0.211 e. The second-order valence-electron chi connectivity index (χ2n) is 5.62. The lowest BCUT2D eigenvalue weighted by Crippen LogP contribution is -2.41. The van der Waals surface area contributed by atoms with Crippen LogP contribution in [0.1, 0.15) is 39.0 Å². The summed E-state index contributed by atoms with van der Waals surface area (Å²) < 4.78 is 31.8. The van der Waals surface area contributed by atoms with Gasteiger partial charge < -0.3 is 10.1 Å². The molecule has 0 radical (unpaired) electrons. The molecule has 5 nitrogen and oxygen atoms in total. The Hall–Kier alpha value is -0.170. The molecule has 2 fully saturated rings. The Kier molecular flexibility index (Phi) is 4.64. The Morgan fingerprint density at radius 2 is 2.17 bits per heavy atom. The third kappa shape index (κ3) is 4.84. The minimum atomic E-state index is -3.15. The number of hydrogen-bond donors (Lipinski definition) is 2. The zero-order chi connectivity index (χ0) is 13.1. The predicted octanol–water partition coefficient (Wildman–Crippen LogP) is 0.617. The summed E-state index contributed by atoms with van der Waals surface area (Å²) in [6.07, 6.45) is 5.09. The molecule has 0 aromatic carbocycles. The molecule has 0 amide bonds. The second-order valence-corrected chi connectivity index (χ2v) is 7.55. The number of hydrogen-bond acceptors (Lipinski definition) is 4. The lowest BCUT2D eigenvalue weighted by Gasteiger charge is -2.23. The van der Waals surface area contributed by atoms with Gasteiger partial charge in [-0.15, -0.1) is 0 Å². The van der Waals surface area contributed by atoms with Crippen molar-refractivity contribution < 1.29 is 13.2 Å². The number of sulfonamides is 1. The van der Waals surface area contributed by atoms with Gasteiger partial charge in [-0.25, -0.2) is 13.1 Å². The molecule has 0 aromatic heterocycles. The first-order valence-corrected chi connectivity index (χ1v) is 8.49. The van der Waals surface area contributed by atoms with Crippen molar-refractivity contribution in [2.45, 2.75) is 50.7 Å². The highest BCUT2D eigenvalue weighted by Gasteiger charge is 2.31. The molecule has 18 heavy (non-hydrogen) atoms. The van der Waals surface area contributed by atoms with Gasteiger partial charge in [0.05, 0.1) is 11.4 Å². The van der Waals surface area contributed by atoms with E-state index >= 15 is 0 Å². The lowest BCUT2D eigenvalue weighted by atomic mass is 10.0. The Bertz CT molecular complexity index is 360. The fourth-order valence-corrected chi connectivity index (χ4v) is 3.36. The fraction of sp³-hybridized carbons (Fsp3) is 1.00. The highest BCUT2D eigenvalue weighted by molar-refractivity contribution is 7.89. The standard InChI is InChI=1S/C12H24N2O3S/c1-12(6-2-8-17-12)10-14-18(15,16)9-3-7-13-11-4-5-11/h11,13-14H,2-10H2,1H3. The van der Waals surface area contributed by atoms with Crippen LogP contribution in [0.5, 0.6) is 0 Å². The van der Waals surface area contributed by atoms with Crippen molar-refractivity contribution in [3.63, 3.8) is 0 Å². The molecule has 1 unspecified atom stereocenters. The molecule has 1 saturated carbocycles. The van der Waals surface area contributed by atoms with Gasteiger partial charge in [0.15, 0.2) is 0 Å². The summed E-state index contributed by atoms with van der Waals surface area (Å²) in [5, 5.41) is 3.32. The van der Waals surface area contributed by atoms with Crippen LogP contribution in [0, 0.1) is 0 Å². The van der Waals surface area contributed by atoms with Gasteiger partial charge in [-0.05, 0) is 45.6 Å². The minimum Gasteiger partial charge on any atom is -0.374 e. The van der Waals surface area contributed by atoms with Gasteiger partial charge in [-0.1, -0.05) is 0 Å². The van der Waals surface area contributed by atoms with E-state index in [1.165, 1.54) is 12.8 Å². The predicted molar refractivity (Wildman–Crippen MR) is 71.0 cm³/mol. The number of ether oxygens (including phenoxy) is 1. The Labute approximate surface area is 110 Å². The molecule has 1 heterocycles. The first kappa shape index (κ1) is 14.2. The summed E-state index contributed by atoms with van der Waals surface area (Å²) in [5.74, 6) is 0.197. The molecule has 1 saturated heterocycles. The molecule has 2 N–H and O–H groups in total. The lowest BCUT2D eigenvalue weighted by molar-refractivity contribution is 0.0250. The Morgan fingerprint density at radius 1 is 1.39 bits per heavy atom. The van der Waals surface area contributed by atoms with Gasteiger partial charge in [0.1, 0.15) is 0 Å². The van der Waals surface area contributed by atoms with Gasteiger partial charge >= 0.3 is 0 Å². The summed E-state index contributed by atoms with van der Waals surface area (Å²) in [5.41, 5.74) is -0.306. The van der Waals surface area contributed by atoms with Crippen molar-refractivity contribution in [2.24, 2.45) is 0 Å². The van der Waals surface area contributed by atoms with Crippen LogP contribution in [0.3, 0.4) is 0 Å². The van der Waals surface area contributed by atoms with E-state index in [0.717, 1.165) is 26.0 Å². The van der Waals surface area contributed by atoms with Crippen LogP contribution in [0.4, 0.5) is 0 Å². The van der Waals surface area contributed by atoms with Crippen molar-refractivity contribution in [2.75, 3.05) is 25.4 Å². The van der Waals surface area contributed by atoms with Crippen molar-refractivity contribution in [1.29, 1.82) is 0 Å². The molecular formula is C12H24N2O3S. The first-order chi connectivity index (χ1) is 8.49. The maximum absolute atomic E-state index is 11.8. The largest absolute Gasteiger partial charge is 0.374 e. The average Bonchev–Trinajstić information content (AvgIpc) is 3.05. The maximum atomic E-state index is 11.8. The highest BCUT2D eigenvalue weighted by atomic mass is 32.2. The van der Waals surface area contributed by atoms with Crippen LogP contribution in [0.15, 0.2) is 0 Å². The fourth-order valence-electron chi connectivity index (χ4n) is 2.17. The van der Waals surface area contributed by atoms with E-state index in [1.54, 1.807) is 0 Å². The third-order valence-corrected chi connectivity index (χ3v) is 4.98. The van der Waals surface area contributed by atoms with E-state index < -0.39 is 10.0 Å². The summed E-state index contributed by atoms with van der Waals surface area (Å²) in [6.45, 7) is 3.89. The number of nitrogens with one attached hydrogen (secondary N) is 2. The topological polar surface area (TPSA) is 67.4 Å². The molecule has 0 spiro atoms. The summed E-state index contributed by atoms with van der Waals surface area (Å²) in [7, 11) is -3.15. The summed E-state index contributed by atoms with van der Waals surface area (Å²) in [4.78, 5) is 0. The van der Waals surface area contributed by atoms with Crippen molar-refractivity contribution in [3.8, 4) is 0 Å². The minimum absolute atomic E-state index is 0.197. The van der Waals surface area contributed by atoms with E-state index in [1.807, 2.05) is 6.92 Å². The third-order valence-electron chi connectivity index (χ3n) is 3.57. The zero-order valence-electron chi connectivity index (χ0n) is 11.1. The van der Waals surface area contributed by atoms with Gasteiger partial charge in [0, 0.05) is 19.2 Å². The van der Waals surface area contributed by atoms with E-state index in [9.17, 15) is 8.42 Å². The molecule has 0 aromatic rings. The van der Waals surface area contributed by atoms with Gasteiger partial charge in [-0.3, -0.25) is 0 Å². The van der Waals surface area contributed by atoms with E-state index in [-0.39, 0.29) is 11.4 Å². The normalized spacial score (nSPS) is 28.7. The average molecular weight is 276 g/mol. The number of rotatable bonds is 8. The van der Waals surface area contributed by atoms with E-state index in [0.29, 0.717) is 19.0 Å². The van der Waals surface area contributed by atoms with Gasteiger partial charge in [-0.2, -0.15) is 0 Å². The zero-order valence-corrected chi connectivity index (χ0v) is 11.9. The molecule has 0 bridgehead atoms. The smallest absolute Gasteiger partial charge is 0.211 e. The summed E-state index contributed by atoms with van der Waals surface area (Å²) in [6, 6.07) is 0.645. The van der Waals surface area contributed by atoms with E-state index in [2.05, 4.69) is 10.0 Å². The van der Waals surface area contributed by atoms with Crippen LogP contribution in [0.2, 0.25) is 0 Å². The molecule has 1 aliphatic heterocycles.